The van der Waals surface area contributed by atoms with Gasteiger partial charge in [0.1, 0.15) is 5.75 Å². The van der Waals surface area contributed by atoms with Gasteiger partial charge in [-0.15, -0.1) is 0 Å². The van der Waals surface area contributed by atoms with E-state index in [-0.39, 0.29) is 30.3 Å². The minimum absolute atomic E-state index is 0.0491. The predicted octanol–water partition coefficient (Wildman–Crippen LogP) is 4.57. The molecule has 0 aromatic heterocycles. The van der Waals surface area contributed by atoms with Crippen molar-refractivity contribution in [3.05, 3.63) is 29.3 Å². The highest BCUT2D eigenvalue weighted by Gasteiger charge is 2.25. The Kier molecular flexibility index (Phi) is 6.41. The van der Waals surface area contributed by atoms with Gasteiger partial charge in [-0.1, -0.05) is 58.7 Å². The molecule has 0 heterocycles. The molecule has 0 aliphatic heterocycles. The highest BCUT2D eigenvalue weighted by Crippen LogP contribution is 2.34. The summed E-state index contributed by atoms with van der Waals surface area (Å²) in [7, 11) is 0. The molecule has 0 bridgehead atoms. The van der Waals surface area contributed by atoms with Crippen LogP contribution in [0.3, 0.4) is 0 Å². The highest BCUT2D eigenvalue weighted by atomic mass is 16.6. The average molecular weight is 332 g/mol. The number of benzene rings is 1. The van der Waals surface area contributed by atoms with Crippen LogP contribution in [0.5, 0.6) is 5.75 Å². The number of rotatable bonds is 6. The quantitative estimate of drug-likeness (QED) is 0.565. The minimum atomic E-state index is -0.517. The summed E-state index contributed by atoms with van der Waals surface area (Å²) in [6, 6.07) is 5.94. The maximum Gasteiger partial charge on any atom is 0.349 e. The van der Waals surface area contributed by atoms with E-state index in [0.717, 1.165) is 36.8 Å². The molecule has 24 heavy (non-hydrogen) atoms. The van der Waals surface area contributed by atoms with Gasteiger partial charge in [0.2, 0.25) is 0 Å². The van der Waals surface area contributed by atoms with Crippen molar-refractivity contribution in [2.45, 2.75) is 65.2 Å². The molecule has 0 N–H and O–H groups in total. The van der Waals surface area contributed by atoms with Crippen molar-refractivity contribution in [3.8, 4) is 5.75 Å². The summed E-state index contributed by atoms with van der Waals surface area (Å²) < 4.78 is 10.7. The molecule has 4 nitrogen and oxygen atoms in total. The molecule has 1 aromatic carbocycles. The van der Waals surface area contributed by atoms with Gasteiger partial charge in [-0.2, -0.15) is 0 Å². The normalized spacial score (nSPS) is 15.1. The fraction of sp³-hybridized carbons (Fsp3) is 0.600. The van der Waals surface area contributed by atoms with Crippen molar-refractivity contribution in [3.63, 3.8) is 0 Å². The Morgan fingerprint density at radius 1 is 1.04 bits per heavy atom. The zero-order chi connectivity index (χ0) is 17.7. The van der Waals surface area contributed by atoms with Crippen LogP contribution >= 0.6 is 0 Å². The molecule has 2 rings (SSSR count). The van der Waals surface area contributed by atoms with Gasteiger partial charge in [-0.25, -0.2) is 4.79 Å². The molecule has 1 aliphatic rings. The second kappa shape index (κ2) is 8.32. The van der Waals surface area contributed by atoms with E-state index >= 15 is 0 Å². The van der Waals surface area contributed by atoms with Crippen LogP contribution in [0.4, 0.5) is 0 Å². The summed E-state index contributed by atoms with van der Waals surface area (Å²) in [6.07, 6.45) is 3.84. The first-order valence-electron chi connectivity index (χ1n) is 8.90. The molecule has 1 fully saturated rings. The minimum Gasteiger partial charge on any atom is -0.453 e. The largest absolute Gasteiger partial charge is 0.453 e. The van der Waals surface area contributed by atoms with Crippen LogP contribution in [0, 0.1) is 5.92 Å². The zero-order valence-electron chi connectivity index (χ0n) is 15.1. The Labute approximate surface area is 144 Å². The lowest BCUT2D eigenvalue weighted by molar-refractivity contribution is -0.156. The first kappa shape index (κ1) is 18.5. The lowest BCUT2D eigenvalue weighted by atomic mass is 9.94. The van der Waals surface area contributed by atoms with Crippen LogP contribution in [-0.4, -0.2) is 18.5 Å². The number of ether oxygens (including phenoxy) is 2. The zero-order valence-corrected chi connectivity index (χ0v) is 15.1. The van der Waals surface area contributed by atoms with Crippen molar-refractivity contribution in [1.82, 2.24) is 0 Å². The van der Waals surface area contributed by atoms with E-state index in [0.29, 0.717) is 5.75 Å². The van der Waals surface area contributed by atoms with Gasteiger partial charge in [0, 0.05) is 0 Å². The maximum absolute atomic E-state index is 12.2. The standard InChI is InChI=1S/C20H28O4/c1-13(2)16-10-7-11-17(14(3)4)19(16)24-18(21)12-23-20(22)15-8-5-6-9-15/h7,10-11,13-15H,5-6,8-9,12H2,1-4H3. The highest BCUT2D eigenvalue weighted by molar-refractivity contribution is 5.79. The van der Waals surface area contributed by atoms with Crippen LogP contribution in [0.15, 0.2) is 18.2 Å². The summed E-state index contributed by atoms with van der Waals surface area (Å²) in [5.41, 5.74) is 1.99. The molecule has 132 valence electrons. The van der Waals surface area contributed by atoms with E-state index in [1.807, 2.05) is 18.2 Å². The molecule has 1 aromatic rings. The Balaban J connectivity index is 2.03. The number of esters is 2. The summed E-state index contributed by atoms with van der Waals surface area (Å²) in [5.74, 6) is 0.262. The SMILES string of the molecule is CC(C)c1cccc(C(C)C)c1OC(=O)COC(=O)C1CCCC1. The molecule has 0 spiro atoms. The second-order valence-corrected chi connectivity index (χ2v) is 7.14. The number of carbonyl (C=O) groups is 2. The van der Waals surface area contributed by atoms with Gasteiger partial charge in [0.05, 0.1) is 5.92 Å². The fourth-order valence-corrected chi connectivity index (χ4v) is 3.15. The predicted molar refractivity (Wildman–Crippen MR) is 93.2 cm³/mol. The van der Waals surface area contributed by atoms with E-state index < -0.39 is 5.97 Å². The van der Waals surface area contributed by atoms with Crippen LogP contribution < -0.4 is 4.74 Å². The van der Waals surface area contributed by atoms with E-state index in [4.69, 9.17) is 9.47 Å². The third-order valence-corrected chi connectivity index (χ3v) is 4.56. The summed E-state index contributed by atoms with van der Waals surface area (Å²) >= 11 is 0. The van der Waals surface area contributed by atoms with Crippen molar-refractivity contribution in [2.24, 2.45) is 5.92 Å². The second-order valence-electron chi connectivity index (χ2n) is 7.14. The maximum atomic E-state index is 12.2. The smallest absolute Gasteiger partial charge is 0.349 e. The lowest BCUT2D eigenvalue weighted by Gasteiger charge is -2.19. The van der Waals surface area contributed by atoms with Gasteiger partial charge in [-0.3, -0.25) is 4.79 Å². The van der Waals surface area contributed by atoms with Crippen LogP contribution in [0.25, 0.3) is 0 Å². The molecule has 0 saturated heterocycles. The molecule has 4 heteroatoms. The number of hydrogen-bond donors (Lipinski definition) is 0. The summed E-state index contributed by atoms with van der Waals surface area (Å²) in [4.78, 5) is 24.1. The van der Waals surface area contributed by atoms with Gasteiger partial charge in [0.15, 0.2) is 6.61 Å². The Morgan fingerprint density at radius 2 is 1.58 bits per heavy atom. The summed E-state index contributed by atoms with van der Waals surface area (Å²) in [6.45, 7) is 7.95. The lowest BCUT2D eigenvalue weighted by Crippen LogP contribution is -2.23. The number of carbonyl (C=O) groups excluding carboxylic acids is 2. The number of para-hydroxylation sites is 1. The Morgan fingerprint density at radius 3 is 2.08 bits per heavy atom. The average Bonchev–Trinajstić information content (AvgIpc) is 3.06. The first-order valence-corrected chi connectivity index (χ1v) is 8.90. The topological polar surface area (TPSA) is 52.6 Å². The van der Waals surface area contributed by atoms with Gasteiger partial charge in [-0.05, 0) is 35.8 Å². The molecule has 0 amide bonds. The monoisotopic (exact) mass is 332 g/mol. The van der Waals surface area contributed by atoms with Crippen LogP contribution in [0.1, 0.15) is 76.3 Å². The van der Waals surface area contributed by atoms with E-state index in [1.54, 1.807) is 0 Å². The summed E-state index contributed by atoms with van der Waals surface area (Å²) in [5, 5.41) is 0. The molecule has 0 unspecified atom stereocenters. The van der Waals surface area contributed by atoms with Gasteiger partial charge in [0.25, 0.3) is 0 Å². The van der Waals surface area contributed by atoms with E-state index in [2.05, 4.69) is 27.7 Å². The third-order valence-electron chi connectivity index (χ3n) is 4.56. The van der Waals surface area contributed by atoms with Crippen LogP contribution in [-0.2, 0) is 14.3 Å². The van der Waals surface area contributed by atoms with Crippen molar-refractivity contribution >= 4 is 11.9 Å². The molecule has 1 aliphatic carbocycles. The van der Waals surface area contributed by atoms with Crippen molar-refractivity contribution in [1.29, 1.82) is 0 Å². The fourth-order valence-electron chi connectivity index (χ4n) is 3.15. The molecule has 0 radical (unpaired) electrons. The van der Waals surface area contributed by atoms with E-state index in [9.17, 15) is 9.59 Å². The Bertz CT molecular complexity index is 557. The molecule has 1 saturated carbocycles. The van der Waals surface area contributed by atoms with Gasteiger partial charge < -0.3 is 9.47 Å². The van der Waals surface area contributed by atoms with Crippen LogP contribution in [0.2, 0.25) is 0 Å². The third kappa shape index (κ3) is 4.59. The molecule has 0 atom stereocenters. The van der Waals surface area contributed by atoms with Crippen molar-refractivity contribution in [2.75, 3.05) is 6.61 Å². The Hall–Kier alpha value is -1.84. The first-order chi connectivity index (χ1) is 11.4. The van der Waals surface area contributed by atoms with Gasteiger partial charge >= 0.3 is 11.9 Å². The molecular weight excluding hydrogens is 304 g/mol. The molecular formula is C20H28O4. The van der Waals surface area contributed by atoms with Crippen molar-refractivity contribution < 1.29 is 19.1 Å². The number of hydrogen-bond acceptors (Lipinski definition) is 4. The van der Waals surface area contributed by atoms with E-state index in [1.165, 1.54) is 0 Å².